The Labute approximate surface area is 106 Å². The molecule has 0 N–H and O–H groups in total. The summed E-state index contributed by atoms with van der Waals surface area (Å²) in [6.45, 7) is 2.51. The van der Waals surface area contributed by atoms with Crippen LogP contribution in [0.3, 0.4) is 0 Å². The van der Waals surface area contributed by atoms with E-state index in [1.165, 1.54) is 7.11 Å². The number of hydrogen-bond acceptors (Lipinski definition) is 3. The van der Waals surface area contributed by atoms with Gasteiger partial charge < -0.3 is 4.74 Å². The van der Waals surface area contributed by atoms with E-state index in [1.807, 2.05) is 48.1 Å². The molecule has 0 atom stereocenters. The first kappa shape index (κ1) is 12.4. The van der Waals surface area contributed by atoms with Crippen molar-refractivity contribution in [1.29, 1.82) is 0 Å². The lowest BCUT2D eigenvalue weighted by molar-refractivity contribution is -0.136. The molecule has 0 saturated carbocycles. The second-order valence-electron chi connectivity index (χ2n) is 3.96. The van der Waals surface area contributed by atoms with Gasteiger partial charge in [0.1, 0.15) is 0 Å². The van der Waals surface area contributed by atoms with Crippen molar-refractivity contribution < 1.29 is 9.53 Å². The number of para-hydroxylation sites is 1. The molecule has 0 spiro atoms. The quantitative estimate of drug-likeness (QED) is 0.613. The molecule has 0 bridgehead atoms. The Kier molecular flexibility index (Phi) is 3.77. The van der Waals surface area contributed by atoms with Crippen molar-refractivity contribution in [2.75, 3.05) is 7.11 Å². The molecule has 2 aromatic rings. The third-order valence-corrected chi connectivity index (χ3v) is 2.89. The Morgan fingerprint density at radius 1 is 1.44 bits per heavy atom. The molecule has 0 aliphatic rings. The number of benzene rings is 1. The van der Waals surface area contributed by atoms with Crippen LogP contribution >= 0.6 is 0 Å². The minimum absolute atomic E-state index is 0.269. The maximum absolute atomic E-state index is 11.4. The van der Waals surface area contributed by atoms with Crippen LogP contribution < -0.4 is 0 Å². The molecular formula is C14H16N2O2. The van der Waals surface area contributed by atoms with Gasteiger partial charge in [-0.3, -0.25) is 4.68 Å². The highest BCUT2D eigenvalue weighted by molar-refractivity contribution is 5.88. The molecule has 0 unspecified atom stereocenters. The lowest BCUT2D eigenvalue weighted by atomic mass is 10.2. The predicted molar refractivity (Wildman–Crippen MR) is 70.1 cm³/mol. The minimum Gasteiger partial charge on any atom is -0.466 e. The molecule has 4 heteroatoms. The summed E-state index contributed by atoms with van der Waals surface area (Å²) in [4.78, 5) is 11.4. The van der Waals surface area contributed by atoms with E-state index in [0.717, 1.165) is 10.9 Å². The predicted octanol–water partition coefficient (Wildman–Crippen LogP) is 2.55. The summed E-state index contributed by atoms with van der Waals surface area (Å²) in [5.74, 6) is -0.269. The number of ether oxygens (including phenoxy) is 1. The molecule has 4 nitrogen and oxygen atoms in total. The zero-order chi connectivity index (χ0) is 13.0. The van der Waals surface area contributed by atoms with Gasteiger partial charge in [-0.2, -0.15) is 5.10 Å². The molecule has 1 heterocycles. The molecule has 18 heavy (non-hydrogen) atoms. The van der Waals surface area contributed by atoms with Crippen LogP contribution in [0.4, 0.5) is 0 Å². The van der Waals surface area contributed by atoms with E-state index in [1.54, 1.807) is 0 Å². The molecule has 0 amide bonds. The first-order valence-corrected chi connectivity index (χ1v) is 5.94. The maximum Gasteiger partial charge on any atom is 0.333 e. The lowest BCUT2D eigenvalue weighted by Gasteiger charge is -2.03. The summed E-state index contributed by atoms with van der Waals surface area (Å²) < 4.78 is 6.59. The fourth-order valence-corrected chi connectivity index (χ4v) is 1.87. The molecule has 94 valence electrons. The average Bonchev–Trinajstić information content (AvgIpc) is 2.82. The fraction of sp³-hybridized carbons (Fsp3) is 0.286. The van der Waals surface area contributed by atoms with E-state index in [9.17, 15) is 4.79 Å². The van der Waals surface area contributed by atoms with Gasteiger partial charge in [-0.25, -0.2) is 4.79 Å². The second kappa shape index (κ2) is 5.49. The molecule has 2 rings (SSSR count). The van der Waals surface area contributed by atoms with E-state index in [0.29, 0.717) is 18.5 Å². The molecule has 0 aliphatic heterocycles. The SMILES string of the molecule is CCC(=CCn1ncc2ccccc21)C(=O)OC. The summed E-state index contributed by atoms with van der Waals surface area (Å²) in [6, 6.07) is 7.99. The van der Waals surface area contributed by atoms with Crippen molar-refractivity contribution in [1.82, 2.24) is 9.78 Å². The van der Waals surface area contributed by atoms with Crippen LogP contribution in [0, 0.1) is 0 Å². The zero-order valence-corrected chi connectivity index (χ0v) is 10.6. The van der Waals surface area contributed by atoms with Crippen LogP contribution in [0.1, 0.15) is 13.3 Å². The Morgan fingerprint density at radius 3 is 2.94 bits per heavy atom. The highest BCUT2D eigenvalue weighted by Gasteiger charge is 2.07. The summed E-state index contributed by atoms with van der Waals surface area (Å²) in [7, 11) is 1.40. The molecule has 0 saturated heterocycles. The standard InChI is InChI=1S/C14H16N2O2/c1-3-11(14(17)18-2)8-9-16-13-7-5-4-6-12(13)10-15-16/h4-8,10H,3,9H2,1-2H3. The lowest BCUT2D eigenvalue weighted by Crippen LogP contribution is -2.06. The molecule has 0 fully saturated rings. The Hall–Kier alpha value is -2.10. The largest absolute Gasteiger partial charge is 0.466 e. The van der Waals surface area contributed by atoms with Crippen molar-refractivity contribution in [2.24, 2.45) is 0 Å². The number of nitrogens with zero attached hydrogens (tertiary/aromatic N) is 2. The first-order chi connectivity index (χ1) is 8.76. The van der Waals surface area contributed by atoms with Gasteiger partial charge in [-0.15, -0.1) is 0 Å². The topological polar surface area (TPSA) is 44.1 Å². The minimum atomic E-state index is -0.269. The van der Waals surface area contributed by atoms with Crippen LogP contribution in [0.5, 0.6) is 0 Å². The Balaban J connectivity index is 2.23. The van der Waals surface area contributed by atoms with Crippen LogP contribution in [0.25, 0.3) is 10.9 Å². The molecular weight excluding hydrogens is 228 g/mol. The Bertz CT molecular complexity index is 584. The molecule has 0 aliphatic carbocycles. The smallest absolute Gasteiger partial charge is 0.333 e. The third-order valence-electron chi connectivity index (χ3n) is 2.89. The Morgan fingerprint density at radius 2 is 2.22 bits per heavy atom. The van der Waals surface area contributed by atoms with E-state index in [4.69, 9.17) is 4.74 Å². The van der Waals surface area contributed by atoms with Gasteiger partial charge in [0, 0.05) is 11.0 Å². The van der Waals surface area contributed by atoms with Crippen molar-refractivity contribution in [3.05, 3.63) is 42.1 Å². The van der Waals surface area contributed by atoms with Crippen molar-refractivity contribution in [3.8, 4) is 0 Å². The second-order valence-corrected chi connectivity index (χ2v) is 3.96. The van der Waals surface area contributed by atoms with Crippen LogP contribution in [-0.2, 0) is 16.1 Å². The van der Waals surface area contributed by atoms with Crippen molar-refractivity contribution in [3.63, 3.8) is 0 Å². The molecule has 1 aromatic heterocycles. The number of carbonyl (C=O) groups excluding carboxylic acids is 1. The van der Waals surface area contributed by atoms with E-state index in [2.05, 4.69) is 5.10 Å². The summed E-state index contributed by atoms with van der Waals surface area (Å²) >= 11 is 0. The maximum atomic E-state index is 11.4. The normalized spacial score (nSPS) is 11.8. The van der Waals surface area contributed by atoms with Gasteiger partial charge in [0.2, 0.25) is 0 Å². The van der Waals surface area contributed by atoms with Gasteiger partial charge in [0.25, 0.3) is 0 Å². The van der Waals surface area contributed by atoms with Gasteiger partial charge in [0.05, 0.1) is 25.4 Å². The van der Waals surface area contributed by atoms with Crippen molar-refractivity contribution >= 4 is 16.9 Å². The zero-order valence-electron chi connectivity index (χ0n) is 10.6. The highest BCUT2D eigenvalue weighted by atomic mass is 16.5. The monoisotopic (exact) mass is 244 g/mol. The van der Waals surface area contributed by atoms with E-state index in [-0.39, 0.29) is 5.97 Å². The number of carbonyl (C=O) groups is 1. The number of hydrogen-bond donors (Lipinski definition) is 0. The van der Waals surface area contributed by atoms with Crippen LogP contribution in [0.2, 0.25) is 0 Å². The van der Waals surface area contributed by atoms with Gasteiger partial charge in [-0.05, 0) is 12.5 Å². The highest BCUT2D eigenvalue weighted by Crippen LogP contribution is 2.13. The average molecular weight is 244 g/mol. The van der Waals surface area contributed by atoms with E-state index >= 15 is 0 Å². The number of fused-ring (bicyclic) bond motifs is 1. The number of aromatic nitrogens is 2. The van der Waals surface area contributed by atoms with Crippen LogP contribution in [0.15, 0.2) is 42.1 Å². The number of methoxy groups -OCH3 is 1. The number of esters is 1. The number of rotatable bonds is 4. The number of allylic oxidation sites excluding steroid dienone is 1. The van der Waals surface area contributed by atoms with Gasteiger partial charge in [-0.1, -0.05) is 31.2 Å². The fourth-order valence-electron chi connectivity index (χ4n) is 1.87. The summed E-state index contributed by atoms with van der Waals surface area (Å²) in [5, 5.41) is 5.41. The van der Waals surface area contributed by atoms with Crippen molar-refractivity contribution in [2.45, 2.75) is 19.9 Å². The van der Waals surface area contributed by atoms with Gasteiger partial charge >= 0.3 is 5.97 Å². The van der Waals surface area contributed by atoms with E-state index < -0.39 is 0 Å². The molecule has 1 aromatic carbocycles. The summed E-state index contributed by atoms with van der Waals surface area (Å²) in [6.07, 6.45) is 4.35. The van der Waals surface area contributed by atoms with Crippen LogP contribution in [-0.4, -0.2) is 22.9 Å². The molecule has 0 radical (unpaired) electrons. The summed E-state index contributed by atoms with van der Waals surface area (Å²) in [5.41, 5.74) is 1.74. The third kappa shape index (κ3) is 2.42. The first-order valence-electron chi connectivity index (χ1n) is 5.94. The van der Waals surface area contributed by atoms with Gasteiger partial charge in [0.15, 0.2) is 0 Å².